The third kappa shape index (κ3) is 2.48. The molecule has 0 saturated carbocycles. The predicted molar refractivity (Wildman–Crippen MR) is 82.0 cm³/mol. The Morgan fingerprint density at radius 2 is 1.76 bits per heavy atom. The molecule has 4 nitrogen and oxygen atoms in total. The molecule has 0 aliphatic rings. The van der Waals surface area contributed by atoms with Gasteiger partial charge >= 0.3 is 0 Å². The van der Waals surface area contributed by atoms with Crippen LogP contribution in [0.5, 0.6) is 11.6 Å². The van der Waals surface area contributed by atoms with Crippen LogP contribution in [0.25, 0.3) is 16.9 Å². The summed E-state index contributed by atoms with van der Waals surface area (Å²) in [4.78, 5) is 0. The molecule has 1 heterocycles. The van der Waals surface area contributed by atoms with E-state index >= 15 is 0 Å². The summed E-state index contributed by atoms with van der Waals surface area (Å²) in [7, 11) is 1.63. The van der Waals surface area contributed by atoms with E-state index in [4.69, 9.17) is 4.74 Å². The number of methoxy groups -OCH3 is 1. The van der Waals surface area contributed by atoms with E-state index in [-0.39, 0.29) is 5.88 Å². The highest BCUT2D eigenvalue weighted by atomic mass is 16.5. The number of hydrogen-bond donors (Lipinski definition) is 1. The summed E-state index contributed by atoms with van der Waals surface area (Å²) in [5, 5.41) is 14.0. The molecular weight excluding hydrogens is 264 g/mol. The maximum atomic E-state index is 9.79. The smallest absolute Gasteiger partial charge is 0.231 e. The first kappa shape index (κ1) is 13.2. The fourth-order valence-electron chi connectivity index (χ4n) is 2.34. The van der Waals surface area contributed by atoms with Crippen molar-refractivity contribution >= 4 is 0 Å². The van der Waals surface area contributed by atoms with Crippen LogP contribution in [0.2, 0.25) is 0 Å². The normalized spacial score (nSPS) is 10.6. The number of rotatable bonds is 3. The molecule has 3 aromatic rings. The first-order chi connectivity index (χ1) is 10.2. The quantitative estimate of drug-likeness (QED) is 0.798. The van der Waals surface area contributed by atoms with E-state index in [0.717, 1.165) is 28.3 Å². The molecule has 0 amide bonds. The molecule has 4 heteroatoms. The standard InChI is InChI=1S/C17H16N2O2/c1-12-5-3-4-6-15(12)16-11-17(20)18-19(16)13-7-9-14(21-2)10-8-13/h3-11H,1-2H3,(H,18,20). The molecule has 106 valence electrons. The largest absolute Gasteiger partial charge is 0.497 e. The lowest BCUT2D eigenvalue weighted by atomic mass is 10.1. The first-order valence-electron chi connectivity index (χ1n) is 6.68. The summed E-state index contributed by atoms with van der Waals surface area (Å²) < 4.78 is 6.90. The molecular formula is C17H16N2O2. The summed E-state index contributed by atoms with van der Waals surface area (Å²) >= 11 is 0. The van der Waals surface area contributed by atoms with Gasteiger partial charge < -0.3 is 9.84 Å². The number of aromatic nitrogens is 2. The van der Waals surface area contributed by atoms with Crippen molar-refractivity contribution in [1.82, 2.24) is 9.78 Å². The Kier molecular flexibility index (Phi) is 3.36. The van der Waals surface area contributed by atoms with Crippen molar-refractivity contribution in [3.63, 3.8) is 0 Å². The minimum absolute atomic E-state index is 0.00377. The van der Waals surface area contributed by atoms with Crippen molar-refractivity contribution in [2.75, 3.05) is 7.11 Å². The van der Waals surface area contributed by atoms with Gasteiger partial charge in [-0.1, -0.05) is 24.3 Å². The van der Waals surface area contributed by atoms with Crippen molar-refractivity contribution in [1.29, 1.82) is 0 Å². The van der Waals surface area contributed by atoms with E-state index in [0.29, 0.717) is 0 Å². The zero-order chi connectivity index (χ0) is 14.8. The SMILES string of the molecule is COc1ccc(-n2nc(O)cc2-c2ccccc2C)cc1. The highest BCUT2D eigenvalue weighted by molar-refractivity contribution is 5.67. The van der Waals surface area contributed by atoms with Crippen molar-refractivity contribution in [2.45, 2.75) is 6.92 Å². The molecule has 2 aromatic carbocycles. The number of nitrogens with zero attached hydrogens (tertiary/aromatic N) is 2. The molecule has 1 N–H and O–H groups in total. The van der Waals surface area contributed by atoms with Gasteiger partial charge in [0, 0.05) is 11.6 Å². The Balaban J connectivity index is 2.13. The van der Waals surface area contributed by atoms with E-state index in [9.17, 15) is 5.11 Å². The van der Waals surface area contributed by atoms with E-state index < -0.39 is 0 Å². The number of benzene rings is 2. The molecule has 0 spiro atoms. The molecule has 0 fully saturated rings. The average molecular weight is 280 g/mol. The van der Waals surface area contributed by atoms with Crippen molar-refractivity contribution < 1.29 is 9.84 Å². The molecule has 3 rings (SSSR count). The van der Waals surface area contributed by atoms with Gasteiger partial charge in [0.25, 0.3) is 0 Å². The Morgan fingerprint density at radius 3 is 2.43 bits per heavy atom. The van der Waals surface area contributed by atoms with E-state index in [2.05, 4.69) is 5.10 Å². The lowest BCUT2D eigenvalue weighted by molar-refractivity contribution is 0.414. The zero-order valence-corrected chi connectivity index (χ0v) is 11.9. The highest BCUT2D eigenvalue weighted by Crippen LogP contribution is 2.29. The van der Waals surface area contributed by atoms with Gasteiger partial charge in [0.2, 0.25) is 5.88 Å². The summed E-state index contributed by atoms with van der Waals surface area (Å²) in [5.41, 5.74) is 3.90. The van der Waals surface area contributed by atoms with Crippen molar-refractivity contribution in [3.8, 4) is 28.6 Å². The van der Waals surface area contributed by atoms with Gasteiger partial charge in [-0.05, 0) is 36.8 Å². The lowest BCUT2D eigenvalue weighted by Crippen LogP contribution is -1.99. The molecule has 1 aromatic heterocycles. The minimum Gasteiger partial charge on any atom is -0.497 e. The maximum Gasteiger partial charge on any atom is 0.231 e. The second-order valence-electron chi connectivity index (χ2n) is 4.81. The molecule has 21 heavy (non-hydrogen) atoms. The van der Waals surface area contributed by atoms with Crippen LogP contribution in [-0.4, -0.2) is 22.0 Å². The van der Waals surface area contributed by atoms with Crippen LogP contribution in [-0.2, 0) is 0 Å². The Hall–Kier alpha value is -2.75. The van der Waals surface area contributed by atoms with Crippen molar-refractivity contribution in [3.05, 3.63) is 60.2 Å². The third-order valence-corrected chi connectivity index (χ3v) is 3.43. The first-order valence-corrected chi connectivity index (χ1v) is 6.68. The van der Waals surface area contributed by atoms with Gasteiger partial charge in [-0.3, -0.25) is 0 Å². The average Bonchev–Trinajstić information content (AvgIpc) is 2.89. The zero-order valence-electron chi connectivity index (χ0n) is 11.9. The van der Waals surface area contributed by atoms with Gasteiger partial charge in [0.1, 0.15) is 5.75 Å². The third-order valence-electron chi connectivity index (χ3n) is 3.43. The highest BCUT2D eigenvalue weighted by Gasteiger charge is 2.12. The number of aromatic hydroxyl groups is 1. The number of aryl methyl sites for hydroxylation is 1. The Morgan fingerprint density at radius 1 is 1.05 bits per heavy atom. The van der Waals surface area contributed by atoms with Gasteiger partial charge in [-0.25, -0.2) is 4.68 Å². The Labute approximate surface area is 123 Å². The fraction of sp³-hybridized carbons (Fsp3) is 0.118. The predicted octanol–water partition coefficient (Wildman–Crippen LogP) is 3.56. The molecule has 0 saturated heterocycles. The van der Waals surface area contributed by atoms with Crippen LogP contribution in [0, 0.1) is 6.92 Å². The van der Waals surface area contributed by atoms with Crippen LogP contribution in [0.1, 0.15) is 5.56 Å². The summed E-state index contributed by atoms with van der Waals surface area (Å²) in [6.07, 6.45) is 0. The van der Waals surface area contributed by atoms with Crippen LogP contribution < -0.4 is 4.74 Å². The van der Waals surface area contributed by atoms with Crippen molar-refractivity contribution in [2.24, 2.45) is 0 Å². The van der Waals surface area contributed by atoms with Gasteiger partial charge in [-0.15, -0.1) is 5.10 Å². The molecule has 0 radical (unpaired) electrons. The van der Waals surface area contributed by atoms with Gasteiger partial charge in [0.05, 0.1) is 18.5 Å². The summed E-state index contributed by atoms with van der Waals surface area (Å²) in [6.45, 7) is 2.04. The molecule has 0 aliphatic carbocycles. The van der Waals surface area contributed by atoms with E-state index in [1.165, 1.54) is 0 Å². The summed E-state index contributed by atoms with van der Waals surface area (Å²) in [5.74, 6) is 0.789. The van der Waals surface area contributed by atoms with Crippen LogP contribution >= 0.6 is 0 Å². The molecule has 0 atom stereocenters. The minimum atomic E-state index is 0.00377. The van der Waals surface area contributed by atoms with Crippen LogP contribution in [0.4, 0.5) is 0 Å². The summed E-state index contributed by atoms with van der Waals surface area (Å²) in [6, 6.07) is 17.3. The maximum absolute atomic E-state index is 9.79. The van der Waals surface area contributed by atoms with Crippen LogP contribution in [0.15, 0.2) is 54.6 Å². The molecule has 0 bridgehead atoms. The molecule has 0 aliphatic heterocycles. The van der Waals surface area contributed by atoms with Gasteiger partial charge in [0.15, 0.2) is 0 Å². The van der Waals surface area contributed by atoms with E-state index in [1.54, 1.807) is 17.9 Å². The second-order valence-corrected chi connectivity index (χ2v) is 4.81. The number of hydrogen-bond acceptors (Lipinski definition) is 3. The fourth-order valence-corrected chi connectivity index (χ4v) is 2.34. The molecule has 0 unspecified atom stereocenters. The van der Waals surface area contributed by atoms with Gasteiger partial charge in [-0.2, -0.15) is 0 Å². The van der Waals surface area contributed by atoms with E-state index in [1.807, 2.05) is 55.5 Å². The van der Waals surface area contributed by atoms with Crippen LogP contribution in [0.3, 0.4) is 0 Å². The monoisotopic (exact) mass is 280 g/mol. The lowest BCUT2D eigenvalue weighted by Gasteiger charge is -2.10. The topological polar surface area (TPSA) is 47.3 Å². The second kappa shape index (κ2) is 5.32. The Bertz CT molecular complexity index is 761. The number of ether oxygens (including phenoxy) is 1.